The van der Waals surface area contributed by atoms with E-state index >= 15 is 0 Å². The second-order valence-corrected chi connectivity index (χ2v) is 4.86. The van der Waals surface area contributed by atoms with Crippen molar-refractivity contribution in [3.8, 4) is 0 Å². The number of thiazole rings is 1. The van der Waals surface area contributed by atoms with Crippen LogP contribution in [0.4, 0.5) is 0 Å². The number of aromatic nitrogens is 1. The van der Waals surface area contributed by atoms with Crippen molar-refractivity contribution >= 4 is 11.3 Å². The zero-order chi connectivity index (χ0) is 11.4. The van der Waals surface area contributed by atoms with E-state index in [2.05, 4.69) is 41.6 Å². The predicted molar refractivity (Wildman–Crippen MR) is 68.7 cm³/mol. The topological polar surface area (TPSA) is 38.9 Å². The summed E-state index contributed by atoms with van der Waals surface area (Å²) in [6.45, 7) is 2.11. The van der Waals surface area contributed by atoms with Crippen molar-refractivity contribution in [2.24, 2.45) is 5.73 Å². The quantitative estimate of drug-likeness (QED) is 0.880. The number of nitrogens with two attached hydrogens (primary N) is 1. The van der Waals surface area contributed by atoms with Crippen molar-refractivity contribution in [2.75, 3.05) is 0 Å². The largest absolute Gasteiger partial charge is 0.327 e. The molecule has 2 aromatic rings. The highest BCUT2D eigenvalue weighted by Gasteiger charge is 2.06. The first-order valence-corrected chi connectivity index (χ1v) is 6.36. The van der Waals surface area contributed by atoms with Crippen LogP contribution in [0.3, 0.4) is 0 Å². The molecule has 0 amide bonds. The summed E-state index contributed by atoms with van der Waals surface area (Å²) < 4.78 is 0. The van der Waals surface area contributed by atoms with Crippen molar-refractivity contribution in [3.63, 3.8) is 0 Å². The highest BCUT2D eigenvalue weighted by atomic mass is 32.1. The minimum atomic E-state index is 0.156. The van der Waals surface area contributed by atoms with Crippen LogP contribution in [0.25, 0.3) is 0 Å². The molecular weight excluding hydrogens is 216 g/mol. The summed E-state index contributed by atoms with van der Waals surface area (Å²) in [5.41, 5.74) is 11.7. The summed E-state index contributed by atoms with van der Waals surface area (Å²) in [6.07, 6.45) is 1.77. The van der Waals surface area contributed by atoms with Crippen LogP contribution in [0.1, 0.15) is 16.8 Å². The Morgan fingerprint density at radius 2 is 2.25 bits per heavy atom. The average molecular weight is 232 g/mol. The third-order valence-corrected chi connectivity index (χ3v) is 3.17. The van der Waals surface area contributed by atoms with Crippen molar-refractivity contribution in [2.45, 2.75) is 25.8 Å². The van der Waals surface area contributed by atoms with Gasteiger partial charge in [-0.1, -0.05) is 29.8 Å². The molecule has 2 rings (SSSR count). The van der Waals surface area contributed by atoms with E-state index in [9.17, 15) is 0 Å². The molecule has 0 fully saturated rings. The summed E-state index contributed by atoms with van der Waals surface area (Å²) in [5.74, 6) is 0. The van der Waals surface area contributed by atoms with Crippen LogP contribution in [-0.2, 0) is 12.8 Å². The molecule has 3 heteroatoms. The number of aryl methyl sites for hydroxylation is 1. The zero-order valence-electron chi connectivity index (χ0n) is 9.39. The Kier molecular flexibility index (Phi) is 3.70. The second-order valence-electron chi connectivity index (χ2n) is 4.14. The summed E-state index contributed by atoms with van der Waals surface area (Å²) >= 11 is 1.62. The number of nitrogens with zero attached hydrogens (tertiary/aromatic N) is 1. The molecule has 0 aliphatic heterocycles. The van der Waals surface area contributed by atoms with Crippen molar-refractivity contribution in [1.29, 1.82) is 0 Å². The maximum absolute atomic E-state index is 6.11. The van der Waals surface area contributed by atoms with Crippen LogP contribution >= 0.6 is 11.3 Å². The summed E-state index contributed by atoms with van der Waals surface area (Å²) in [5, 5.41) is 2.07. The van der Waals surface area contributed by atoms with E-state index in [4.69, 9.17) is 5.73 Å². The SMILES string of the molecule is Cc1cccc(CC(N)Cc2cscn2)c1. The maximum atomic E-state index is 6.11. The van der Waals surface area contributed by atoms with Crippen molar-refractivity contribution in [1.82, 2.24) is 4.98 Å². The standard InChI is InChI=1S/C13H16N2S/c1-10-3-2-4-11(5-10)6-12(14)7-13-8-16-9-15-13/h2-5,8-9,12H,6-7,14H2,1H3. The molecule has 0 saturated carbocycles. The van der Waals surface area contributed by atoms with Gasteiger partial charge in [-0.15, -0.1) is 11.3 Å². The number of rotatable bonds is 4. The first-order chi connectivity index (χ1) is 7.74. The zero-order valence-corrected chi connectivity index (χ0v) is 10.2. The van der Waals surface area contributed by atoms with Crippen molar-refractivity contribution in [3.05, 3.63) is 52.0 Å². The lowest BCUT2D eigenvalue weighted by Crippen LogP contribution is -2.25. The van der Waals surface area contributed by atoms with Gasteiger partial charge in [0.15, 0.2) is 0 Å². The molecule has 2 N–H and O–H groups in total. The third-order valence-electron chi connectivity index (χ3n) is 2.54. The molecule has 0 spiro atoms. The highest BCUT2D eigenvalue weighted by molar-refractivity contribution is 7.07. The lowest BCUT2D eigenvalue weighted by Gasteiger charge is -2.10. The third kappa shape index (κ3) is 3.15. The Balaban J connectivity index is 1.94. The predicted octanol–water partition coefficient (Wildman–Crippen LogP) is 2.56. The summed E-state index contributed by atoms with van der Waals surface area (Å²) in [7, 11) is 0. The second kappa shape index (κ2) is 5.23. The summed E-state index contributed by atoms with van der Waals surface area (Å²) in [6, 6.07) is 8.67. The average Bonchev–Trinajstić information content (AvgIpc) is 2.70. The van der Waals surface area contributed by atoms with Gasteiger partial charge in [-0.3, -0.25) is 0 Å². The molecule has 0 radical (unpaired) electrons. The molecule has 0 saturated heterocycles. The van der Waals surface area contributed by atoms with E-state index in [1.165, 1.54) is 11.1 Å². The number of benzene rings is 1. The van der Waals surface area contributed by atoms with Gasteiger partial charge in [0.05, 0.1) is 11.2 Å². The van der Waals surface area contributed by atoms with E-state index < -0.39 is 0 Å². The Morgan fingerprint density at radius 3 is 2.94 bits per heavy atom. The summed E-state index contributed by atoms with van der Waals surface area (Å²) in [4.78, 5) is 4.25. The monoisotopic (exact) mass is 232 g/mol. The molecule has 1 aromatic carbocycles. The minimum Gasteiger partial charge on any atom is -0.327 e. The van der Waals surface area contributed by atoms with Gasteiger partial charge in [-0.05, 0) is 18.9 Å². The van der Waals surface area contributed by atoms with Crippen LogP contribution < -0.4 is 5.73 Å². The lowest BCUT2D eigenvalue weighted by atomic mass is 10.0. The van der Waals surface area contributed by atoms with Gasteiger partial charge in [-0.25, -0.2) is 4.98 Å². The Hall–Kier alpha value is -1.19. The molecule has 16 heavy (non-hydrogen) atoms. The Labute approximate surface area is 100 Å². The van der Waals surface area contributed by atoms with Crippen LogP contribution in [0.15, 0.2) is 35.2 Å². The molecule has 2 nitrogen and oxygen atoms in total. The fourth-order valence-electron chi connectivity index (χ4n) is 1.82. The van der Waals surface area contributed by atoms with Crippen LogP contribution in [0.2, 0.25) is 0 Å². The van der Waals surface area contributed by atoms with Crippen LogP contribution in [0.5, 0.6) is 0 Å². The Morgan fingerprint density at radius 1 is 1.38 bits per heavy atom. The van der Waals surface area contributed by atoms with E-state index in [-0.39, 0.29) is 6.04 Å². The first kappa shape index (κ1) is 11.3. The van der Waals surface area contributed by atoms with Gasteiger partial charge < -0.3 is 5.73 Å². The lowest BCUT2D eigenvalue weighted by molar-refractivity contribution is 0.656. The Bertz CT molecular complexity index is 437. The first-order valence-electron chi connectivity index (χ1n) is 5.42. The van der Waals surface area contributed by atoms with Gasteiger partial charge in [0.25, 0.3) is 0 Å². The van der Waals surface area contributed by atoms with Crippen LogP contribution in [-0.4, -0.2) is 11.0 Å². The van der Waals surface area contributed by atoms with Gasteiger partial charge in [0.1, 0.15) is 0 Å². The molecule has 0 aliphatic rings. The van der Waals surface area contributed by atoms with Gasteiger partial charge in [0, 0.05) is 17.8 Å². The van der Waals surface area contributed by atoms with Crippen LogP contribution in [0, 0.1) is 6.92 Å². The molecule has 84 valence electrons. The molecule has 0 aliphatic carbocycles. The van der Waals surface area contributed by atoms with E-state index in [0.29, 0.717) is 0 Å². The van der Waals surface area contributed by atoms with E-state index in [1.54, 1.807) is 11.3 Å². The number of hydrogen-bond acceptors (Lipinski definition) is 3. The highest BCUT2D eigenvalue weighted by Crippen LogP contribution is 2.09. The molecular formula is C13H16N2S. The molecule has 1 unspecified atom stereocenters. The normalized spacial score (nSPS) is 12.6. The molecule has 1 heterocycles. The smallest absolute Gasteiger partial charge is 0.0794 e. The van der Waals surface area contributed by atoms with Gasteiger partial charge in [-0.2, -0.15) is 0 Å². The molecule has 0 bridgehead atoms. The van der Waals surface area contributed by atoms with E-state index in [0.717, 1.165) is 18.5 Å². The fourth-order valence-corrected chi connectivity index (χ4v) is 2.39. The minimum absolute atomic E-state index is 0.156. The fraction of sp³-hybridized carbons (Fsp3) is 0.308. The van der Waals surface area contributed by atoms with E-state index in [1.807, 2.05) is 5.51 Å². The molecule has 1 aromatic heterocycles. The van der Waals surface area contributed by atoms with Crippen molar-refractivity contribution < 1.29 is 0 Å². The number of hydrogen-bond donors (Lipinski definition) is 1. The molecule has 1 atom stereocenters. The van der Waals surface area contributed by atoms with Gasteiger partial charge >= 0.3 is 0 Å². The maximum Gasteiger partial charge on any atom is 0.0794 e. The van der Waals surface area contributed by atoms with Gasteiger partial charge in [0.2, 0.25) is 0 Å².